The number of carbonyl (C=O) groups excluding carboxylic acids is 2. The molecule has 0 saturated carbocycles. The van der Waals surface area contributed by atoms with Gasteiger partial charge in [0.2, 0.25) is 0 Å². The van der Waals surface area contributed by atoms with E-state index in [0.29, 0.717) is 12.0 Å². The van der Waals surface area contributed by atoms with Crippen LogP contribution in [0.4, 0.5) is 0 Å². The van der Waals surface area contributed by atoms with Crippen molar-refractivity contribution < 1.29 is 19.1 Å². The van der Waals surface area contributed by atoms with Gasteiger partial charge in [-0.15, -0.1) is 0 Å². The molecule has 2 fully saturated rings. The van der Waals surface area contributed by atoms with Gasteiger partial charge in [-0.2, -0.15) is 0 Å². The SMILES string of the molecule is C=C1C(=O)O[C@H]2/C=C(\C)CC3C[C@H](CC/C=C(\C)CC[C@H]12)C(=O)O3. The molecule has 24 heavy (non-hydrogen) atoms. The monoisotopic (exact) mass is 330 g/mol. The van der Waals surface area contributed by atoms with Crippen LogP contribution in [-0.4, -0.2) is 24.1 Å². The van der Waals surface area contributed by atoms with Gasteiger partial charge in [0, 0.05) is 17.9 Å². The van der Waals surface area contributed by atoms with Crippen LogP contribution in [-0.2, 0) is 19.1 Å². The highest BCUT2D eigenvalue weighted by molar-refractivity contribution is 5.91. The fourth-order valence-electron chi connectivity index (χ4n) is 3.93. The van der Waals surface area contributed by atoms with E-state index in [9.17, 15) is 9.59 Å². The molecule has 130 valence electrons. The molecule has 4 nitrogen and oxygen atoms in total. The Kier molecular flexibility index (Phi) is 4.93. The first-order valence-corrected chi connectivity index (χ1v) is 8.87. The van der Waals surface area contributed by atoms with Crippen molar-refractivity contribution in [2.45, 2.75) is 64.6 Å². The van der Waals surface area contributed by atoms with E-state index in [1.807, 2.05) is 13.0 Å². The van der Waals surface area contributed by atoms with E-state index >= 15 is 0 Å². The van der Waals surface area contributed by atoms with Crippen molar-refractivity contribution in [2.75, 3.05) is 0 Å². The van der Waals surface area contributed by atoms with Crippen LogP contribution in [0.2, 0.25) is 0 Å². The van der Waals surface area contributed by atoms with Crippen LogP contribution < -0.4 is 0 Å². The second-order valence-electron chi connectivity index (χ2n) is 7.38. The summed E-state index contributed by atoms with van der Waals surface area (Å²) >= 11 is 0. The minimum atomic E-state index is -0.285. The van der Waals surface area contributed by atoms with Gasteiger partial charge in [0.15, 0.2) is 0 Å². The fourth-order valence-corrected chi connectivity index (χ4v) is 3.93. The van der Waals surface area contributed by atoms with E-state index in [-0.39, 0.29) is 36.0 Å². The van der Waals surface area contributed by atoms with Gasteiger partial charge in [-0.1, -0.05) is 23.8 Å². The zero-order chi connectivity index (χ0) is 17.3. The Hall–Kier alpha value is -1.84. The van der Waals surface area contributed by atoms with E-state index < -0.39 is 0 Å². The number of hydrogen-bond donors (Lipinski definition) is 0. The summed E-state index contributed by atoms with van der Waals surface area (Å²) in [5.74, 6) is -0.288. The van der Waals surface area contributed by atoms with Gasteiger partial charge >= 0.3 is 11.9 Å². The van der Waals surface area contributed by atoms with Crippen LogP contribution in [0.5, 0.6) is 0 Å². The van der Waals surface area contributed by atoms with E-state index in [0.717, 1.165) is 37.7 Å². The first kappa shape index (κ1) is 17.0. The van der Waals surface area contributed by atoms with E-state index in [2.05, 4.69) is 19.6 Å². The minimum Gasteiger partial charge on any atom is -0.462 e. The van der Waals surface area contributed by atoms with Crippen LogP contribution in [0.15, 0.2) is 35.5 Å². The van der Waals surface area contributed by atoms with Gasteiger partial charge < -0.3 is 9.47 Å². The van der Waals surface area contributed by atoms with E-state index in [4.69, 9.17) is 9.47 Å². The second-order valence-corrected chi connectivity index (χ2v) is 7.38. The highest BCUT2D eigenvalue weighted by atomic mass is 16.6. The predicted octanol–water partition coefficient (Wildman–Crippen LogP) is 3.87. The van der Waals surface area contributed by atoms with Crippen molar-refractivity contribution in [2.24, 2.45) is 11.8 Å². The average Bonchev–Trinajstić information content (AvgIpc) is 2.97. The standard InChI is InChI=1S/C20H26O4/c1-12-5-4-6-15-11-16(23-20(15)22)9-13(2)10-18-17(8-7-12)14(3)19(21)24-18/h5,10,15-18H,3-4,6-9,11H2,1-2H3/b12-5+,13-10+/t15-,16?,17+,18-/m0/s1. The molecule has 0 aromatic heterocycles. The molecule has 1 aliphatic carbocycles. The predicted molar refractivity (Wildman–Crippen MR) is 91.1 cm³/mol. The summed E-state index contributed by atoms with van der Waals surface area (Å²) in [7, 11) is 0. The van der Waals surface area contributed by atoms with Gasteiger partial charge in [-0.05, 0) is 52.0 Å². The summed E-state index contributed by atoms with van der Waals surface area (Å²) in [6, 6.07) is 0. The number of rotatable bonds is 0. The lowest BCUT2D eigenvalue weighted by Gasteiger charge is -2.17. The summed E-state index contributed by atoms with van der Waals surface area (Å²) in [5.41, 5.74) is 2.98. The molecule has 0 radical (unpaired) electrons. The minimum absolute atomic E-state index is 0.0200. The zero-order valence-electron chi connectivity index (χ0n) is 14.5. The molecule has 2 heterocycles. The zero-order valence-corrected chi connectivity index (χ0v) is 14.5. The molecule has 2 bridgehead atoms. The molecule has 4 atom stereocenters. The lowest BCUT2D eigenvalue weighted by atomic mass is 9.88. The topological polar surface area (TPSA) is 52.6 Å². The summed E-state index contributed by atoms with van der Waals surface area (Å²) in [6.07, 6.45) is 8.98. The van der Waals surface area contributed by atoms with Gasteiger partial charge in [0.1, 0.15) is 12.2 Å². The Morgan fingerprint density at radius 3 is 2.71 bits per heavy atom. The number of ether oxygens (including phenoxy) is 2. The van der Waals surface area contributed by atoms with Crippen molar-refractivity contribution in [1.29, 1.82) is 0 Å². The summed E-state index contributed by atoms with van der Waals surface area (Å²) < 4.78 is 11.0. The van der Waals surface area contributed by atoms with Crippen molar-refractivity contribution in [3.8, 4) is 0 Å². The summed E-state index contributed by atoms with van der Waals surface area (Å²) in [6.45, 7) is 8.05. The Bertz CT molecular complexity index is 613. The Morgan fingerprint density at radius 2 is 1.92 bits per heavy atom. The number of allylic oxidation sites excluding steroid dienone is 2. The lowest BCUT2D eigenvalue weighted by Crippen LogP contribution is -2.16. The molecule has 2 saturated heterocycles. The van der Waals surface area contributed by atoms with E-state index in [1.165, 1.54) is 5.57 Å². The first-order chi connectivity index (χ1) is 11.4. The second kappa shape index (κ2) is 6.96. The van der Waals surface area contributed by atoms with Crippen molar-refractivity contribution in [3.05, 3.63) is 35.5 Å². The van der Waals surface area contributed by atoms with Crippen LogP contribution in [0.3, 0.4) is 0 Å². The Morgan fingerprint density at radius 1 is 1.12 bits per heavy atom. The highest BCUT2D eigenvalue weighted by Crippen LogP contribution is 2.35. The Balaban J connectivity index is 1.83. The third-order valence-electron chi connectivity index (χ3n) is 5.37. The maximum atomic E-state index is 12.0. The van der Waals surface area contributed by atoms with Crippen molar-refractivity contribution >= 4 is 11.9 Å². The number of fused-ring (bicyclic) bond motifs is 3. The summed E-state index contributed by atoms with van der Waals surface area (Å²) in [4.78, 5) is 23.9. The largest absolute Gasteiger partial charge is 0.462 e. The van der Waals surface area contributed by atoms with Gasteiger partial charge in [-0.25, -0.2) is 4.79 Å². The first-order valence-electron chi connectivity index (χ1n) is 8.87. The molecule has 4 heteroatoms. The molecule has 0 amide bonds. The van der Waals surface area contributed by atoms with E-state index in [1.54, 1.807) is 0 Å². The van der Waals surface area contributed by atoms with Crippen LogP contribution in [0.1, 0.15) is 52.4 Å². The molecular formula is C20H26O4. The molecule has 0 aromatic carbocycles. The normalized spacial score (nSPS) is 39.0. The third kappa shape index (κ3) is 3.63. The highest BCUT2D eigenvalue weighted by Gasteiger charge is 2.38. The van der Waals surface area contributed by atoms with Crippen LogP contribution in [0.25, 0.3) is 0 Å². The van der Waals surface area contributed by atoms with Crippen LogP contribution in [0, 0.1) is 11.8 Å². The van der Waals surface area contributed by atoms with Gasteiger partial charge in [0.25, 0.3) is 0 Å². The third-order valence-corrected chi connectivity index (χ3v) is 5.37. The average molecular weight is 330 g/mol. The molecule has 2 aliphatic heterocycles. The quantitative estimate of drug-likeness (QED) is 0.384. The number of hydrogen-bond acceptors (Lipinski definition) is 4. The molecular weight excluding hydrogens is 304 g/mol. The summed E-state index contributed by atoms with van der Waals surface area (Å²) in [5, 5.41) is 0. The maximum Gasteiger partial charge on any atom is 0.334 e. The Labute approximate surface area is 143 Å². The van der Waals surface area contributed by atoms with Crippen molar-refractivity contribution in [1.82, 2.24) is 0 Å². The lowest BCUT2D eigenvalue weighted by molar-refractivity contribution is -0.144. The number of carbonyl (C=O) groups is 2. The maximum absolute atomic E-state index is 12.0. The molecule has 0 N–H and O–H groups in total. The molecule has 0 aromatic rings. The van der Waals surface area contributed by atoms with Gasteiger partial charge in [0.05, 0.1) is 5.92 Å². The molecule has 3 aliphatic rings. The molecule has 1 unspecified atom stereocenters. The molecule has 3 rings (SSSR count). The number of esters is 2. The smallest absolute Gasteiger partial charge is 0.334 e. The fraction of sp³-hybridized carbons (Fsp3) is 0.600. The van der Waals surface area contributed by atoms with Crippen LogP contribution >= 0.6 is 0 Å². The molecule has 0 spiro atoms. The van der Waals surface area contributed by atoms with Crippen molar-refractivity contribution in [3.63, 3.8) is 0 Å². The van der Waals surface area contributed by atoms with Gasteiger partial charge in [-0.3, -0.25) is 4.79 Å².